The zero-order chi connectivity index (χ0) is 10.8. The van der Waals surface area contributed by atoms with Gasteiger partial charge in [-0.05, 0) is 43.4 Å². The van der Waals surface area contributed by atoms with Gasteiger partial charge in [0.25, 0.3) is 0 Å². The van der Waals surface area contributed by atoms with Crippen LogP contribution in [-0.4, -0.2) is 12.7 Å². The molecule has 0 N–H and O–H groups in total. The van der Waals surface area contributed by atoms with Crippen LogP contribution >= 0.6 is 0 Å². The summed E-state index contributed by atoms with van der Waals surface area (Å²) in [7, 11) is 0. The molecule has 0 saturated carbocycles. The number of hydrogen-bond acceptors (Lipinski definition) is 1. The SMILES string of the molecule is CC(C)[C@H]1C=C(CC[C@@H]2CO2)[C@H](C)CC1. The molecule has 1 aliphatic heterocycles. The number of allylic oxidation sites excluding steroid dienone is 2. The van der Waals surface area contributed by atoms with Crippen molar-refractivity contribution >= 4 is 0 Å². The third-order valence-corrected chi connectivity index (χ3v) is 4.01. The van der Waals surface area contributed by atoms with Crippen LogP contribution in [0.15, 0.2) is 11.6 Å². The Morgan fingerprint density at radius 1 is 1.40 bits per heavy atom. The Kier molecular flexibility index (Phi) is 3.50. The lowest BCUT2D eigenvalue weighted by molar-refractivity contribution is 0.357. The van der Waals surface area contributed by atoms with E-state index < -0.39 is 0 Å². The minimum atomic E-state index is 0.595. The highest BCUT2D eigenvalue weighted by molar-refractivity contribution is 5.12. The van der Waals surface area contributed by atoms with Gasteiger partial charge in [0, 0.05) is 0 Å². The highest BCUT2D eigenvalue weighted by atomic mass is 16.6. The second kappa shape index (κ2) is 4.69. The number of hydrogen-bond donors (Lipinski definition) is 0. The van der Waals surface area contributed by atoms with Crippen molar-refractivity contribution in [1.29, 1.82) is 0 Å². The molecule has 0 bridgehead atoms. The van der Waals surface area contributed by atoms with Crippen molar-refractivity contribution < 1.29 is 4.74 Å². The second-order valence-corrected chi connectivity index (χ2v) is 5.62. The molecule has 1 heterocycles. The van der Waals surface area contributed by atoms with E-state index in [1.54, 1.807) is 5.57 Å². The molecular formula is C14H24O. The lowest BCUT2D eigenvalue weighted by Gasteiger charge is -2.28. The molecule has 86 valence electrons. The number of ether oxygens (including phenoxy) is 1. The average molecular weight is 208 g/mol. The fraction of sp³-hybridized carbons (Fsp3) is 0.857. The van der Waals surface area contributed by atoms with Crippen LogP contribution in [0.1, 0.15) is 46.5 Å². The fourth-order valence-corrected chi connectivity index (χ4v) is 2.57. The standard InChI is InChI=1S/C14H24O/c1-10(2)12-5-4-11(3)13(8-12)6-7-14-9-15-14/h8,10-12,14H,4-7,9H2,1-3H3/t11-,12-,14-/m1/s1. The van der Waals surface area contributed by atoms with Gasteiger partial charge in [-0.1, -0.05) is 32.4 Å². The molecule has 0 unspecified atom stereocenters. The van der Waals surface area contributed by atoms with Gasteiger partial charge in [-0.25, -0.2) is 0 Å². The first kappa shape index (κ1) is 11.2. The highest BCUT2D eigenvalue weighted by Gasteiger charge is 2.25. The smallest absolute Gasteiger partial charge is 0.0813 e. The third-order valence-electron chi connectivity index (χ3n) is 4.01. The minimum absolute atomic E-state index is 0.595. The maximum atomic E-state index is 5.28. The van der Waals surface area contributed by atoms with Crippen molar-refractivity contribution in [2.45, 2.75) is 52.6 Å². The first-order chi connectivity index (χ1) is 7.16. The minimum Gasteiger partial charge on any atom is -0.373 e. The van der Waals surface area contributed by atoms with Crippen molar-refractivity contribution in [3.8, 4) is 0 Å². The van der Waals surface area contributed by atoms with E-state index in [0.29, 0.717) is 6.10 Å². The Bertz CT molecular complexity index is 238. The first-order valence-electron chi connectivity index (χ1n) is 6.49. The van der Waals surface area contributed by atoms with E-state index in [-0.39, 0.29) is 0 Å². The summed E-state index contributed by atoms with van der Waals surface area (Å²) < 4.78 is 5.28. The summed E-state index contributed by atoms with van der Waals surface area (Å²) in [6.07, 6.45) is 8.47. The normalized spacial score (nSPS) is 35.5. The van der Waals surface area contributed by atoms with Crippen LogP contribution in [0.4, 0.5) is 0 Å². The van der Waals surface area contributed by atoms with Crippen LogP contribution in [0, 0.1) is 17.8 Å². The van der Waals surface area contributed by atoms with E-state index in [2.05, 4.69) is 26.8 Å². The molecule has 1 nitrogen and oxygen atoms in total. The second-order valence-electron chi connectivity index (χ2n) is 5.62. The fourth-order valence-electron chi connectivity index (χ4n) is 2.57. The Labute approximate surface area is 93.9 Å². The van der Waals surface area contributed by atoms with Crippen LogP contribution in [-0.2, 0) is 4.74 Å². The summed E-state index contributed by atoms with van der Waals surface area (Å²) in [5.41, 5.74) is 1.70. The molecule has 1 heteroatoms. The molecule has 15 heavy (non-hydrogen) atoms. The molecule has 0 amide bonds. The van der Waals surface area contributed by atoms with Gasteiger partial charge in [0.1, 0.15) is 0 Å². The lowest BCUT2D eigenvalue weighted by Crippen LogP contribution is -2.16. The lowest BCUT2D eigenvalue weighted by atomic mass is 9.77. The van der Waals surface area contributed by atoms with E-state index in [9.17, 15) is 0 Å². The van der Waals surface area contributed by atoms with Crippen molar-refractivity contribution in [3.05, 3.63) is 11.6 Å². The van der Waals surface area contributed by atoms with Gasteiger partial charge in [-0.2, -0.15) is 0 Å². The number of epoxide rings is 1. The quantitative estimate of drug-likeness (QED) is 0.506. The molecule has 2 rings (SSSR count). The van der Waals surface area contributed by atoms with Gasteiger partial charge >= 0.3 is 0 Å². The Morgan fingerprint density at radius 3 is 2.73 bits per heavy atom. The van der Waals surface area contributed by atoms with E-state index in [4.69, 9.17) is 4.74 Å². The Morgan fingerprint density at radius 2 is 2.13 bits per heavy atom. The molecule has 1 saturated heterocycles. The Balaban J connectivity index is 1.91. The van der Waals surface area contributed by atoms with Gasteiger partial charge in [-0.3, -0.25) is 0 Å². The maximum absolute atomic E-state index is 5.28. The van der Waals surface area contributed by atoms with Crippen LogP contribution in [0.3, 0.4) is 0 Å². The molecule has 0 aromatic carbocycles. The summed E-state index contributed by atoms with van der Waals surface area (Å²) in [6, 6.07) is 0. The highest BCUT2D eigenvalue weighted by Crippen LogP contribution is 2.35. The molecular weight excluding hydrogens is 184 g/mol. The van der Waals surface area contributed by atoms with Gasteiger partial charge in [0.15, 0.2) is 0 Å². The van der Waals surface area contributed by atoms with E-state index >= 15 is 0 Å². The summed E-state index contributed by atoms with van der Waals surface area (Å²) in [6.45, 7) is 8.09. The predicted octanol–water partition coefficient (Wildman–Crippen LogP) is 3.79. The summed E-state index contributed by atoms with van der Waals surface area (Å²) in [4.78, 5) is 0. The van der Waals surface area contributed by atoms with Crippen LogP contribution in [0.5, 0.6) is 0 Å². The van der Waals surface area contributed by atoms with Crippen LogP contribution < -0.4 is 0 Å². The molecule has 0 aromatic rings. The van der Waals surface area contributed by atoms with Crippen molar-refractivity contribution in [3.63, 3.8) is 0 Å². The molecule has 0 spiro atoms. The predicted molar refractivity (Wildman–Crippen MR) is 63.8 cm³/mol. The maximum Gasteiger partial charge on any atom is 0.0813 e. The Hall–Kier alpha value is -0.300. The molecule has 1 fully saturated rings. The molecule has 2 aliphatic rings. The van der Waals surface area contributed by atoms with Crippen LogP contribution in [0.2, 0.25) is 0 Å². The van der Waals surface area contributed by atoms with E-state index in [0.717, 1.165) is 24.4 Å². The van der Waals surface area contributed by atoms with E-state index in [1.807, 2.05) is 0 Å². The summed E-state index contributed by atoms with van der Waals surface area (Å²) in [5, 5.41) is 0. The topological polar surface area (TPSA) is 12.5 Å². The molecule has 0 radical (unpaired) electrons. The van der Waals surface area contributed by atoms with Crippen molar-refractivity contribution in [2.24, 2.45) is 17.8 Å². The summed E-state index contributed by atoms with van der Waals surface area (Å²) in [5.74, 6) is 2.46. The zero-order valence-electron chi connectivity index (χ0n) is 10.3. The van der Waals surface area contributed by atoms with Crippen molar-refractivity contribution in [2.75, 3.05) is 6.61 Å². The largest absolute Gasteiger partial charge is 0.373 e. The average Bonchev–Trinajstić information content (AvgIpc) is 3.00. The summed E-state index contributed by atoms with van der Waals surface area (Å²) >= 11 is 0. The molecule has 3 atom stereocenters. The van der Waals surface area contributed by atoms with E-state index in [1.165, 1.54) is 25.7 Å². The van der Waals surface area contributed by atoms with Crippen LogP contribution in [0.25, 0.3) is 0 Å². The first-order valence-corrected chi connectivity index (χ1v) is 6.49. The molecule has 0 aromatic heterocycles. The van der Waals surface area contributed by atoms with Gasteiger partial charge in [0.05, 0.1) is 12.7 Å². The van der Waals surface area contributed by atoms with Gasteiger partial charge in [-0.15, -0.1) is 0 Å². The third kappa shape index (κ3) is 3.07. The van der Waals surface area contributed by atoms with Crippen molar-refractivity contribution in [1.82, 2.24) is 0 Å². The van der Waals surface area contributed by atoms with Gasteiger partial charge in [0.2, 0.25) is 0 Å². The monoisotopic (exact) mass is 208 g/mol. The zero-order valence-corrected chi connectivity index (χ0v) is 10.3. The number of rotatable bonds is 4. The molecule has 1 aliphatic carbocycles. The van der Waals surface area contributed by atoms with Gasteiger partial charge < -0.3 is 4.74 Å².